The Bertz CT molecular complexity index is 336. The van der Waals surface area contributed by atoms with Crippen LogP contribution in [-0.4, -0.2) is 24.5 Å². The second-order valence-corrected chi connectivity index (χ2v) is 4.75. The molecule has 1 saturated heterocycles. The monoisotopic (exact) mass is 235 g/mol. The lowest BCUT2D eigenvalue weighted by Crippen LogP contribution is -2.29. The molecule has 1 fully saturated rings. The van der Waals surface area contributed by atoms with Gasteiger partial charge in [-0.1, -0.05) is 42.3 Å². The van der Waals surface area contributed by atoms with Crippen molar-refractivity contribution in [2.75, 3.05) is 19.6 Å². The molecule has 0 aliphatic carbocycles. The second-order valence-electron chi connectivity index (χ2n) is 4.32. The molecule has 1 aromatic carbocycles. The Morgan fingerprint density at radius 3 is 2.44 bits per heavy atom. The van der Waals surface area contributed by atoms with E-state index in [4.69, 9.17) is 11.6 Å². The highest BCUT2D eigenvalue weighted by molar-refractivity contribution is 6.30. The average Bonchev–Trinajstić information content (AvgIpc) is 2.33. The zero-order valence-corrected chi connectivity index (χ0v) is 10.3. The summed E-state index contributed by atoms with van der Waals surface area (Å²) in [5.41, 5.74) is 1.22. The number of halogens is 1. The Morgan fingerprint density at radius 2 is 1.75 bits per heavy atom. The summed E-state index contributed by atoms with van der Waals surface area (Å²) in [6, 6.07) is 7.97. The van der Waals surface area contributed by atoms with Crippen molar-refractivity contribution in [2.24, 2.45) is 0 Å². The molecule has 1 nitrogen and oxygen atoms in total. The summed E-state index contributed by atoms with van der Waals surface area (Å²) in [7, 11) is 0. The fraction of sp³-hybridized carbons (Fsp3) is 0.429. The van der Waals surface area contributed by atoms with Gasteiger partial charge in [-0.2, -0.15) is 0 Å². The van der Waals surface area contributed by atoms with E-state index in [9.17, 15) is 0 Å². The summed E-state index contributed by atoms with van der Waals surface area (Å²) in [6.07, 6.45) is 8.53. The minimum Gasteiger partial charge on any atom is -0.300 e. The van der Waals surface area contributed by atoms with E-state index in [-0.39, 0.29) is 0 Å². The van der Waals surface area contributed by atoms with Crippen molar-refractivity contribution >= 4 is 17.7 Å². The highest BCUT2D eigenvalue weighted by Gasteiger charge is 2.07. The lowest BCUT2D eigenvalue weighted by molar-refractivity contribution is 0.252. The standard InChI is InChI=1S/C14H18ClN/c15-14-8-6-13(7-9-14)5-4-12-16-10-2-1-3-11-16/h4-9H,1-3,10-12H2. The second kappa shape index (κ2) is 6.07. The van der Waals surface area contributed by atoms with Gasteiger partial charge in [0.1, 0.15) is 0 Å². The van der Waals surface area contributed by atoms with Crippen molar-refractivity contribution in [2.45, 2.75) is 19.3 Å². The molecule has 1 aliphatic heterocycles. The molecule has 0 atom stereocenters. The van der Waals surface area contributed by atoms with E-state index in [0.717, 1.165) is 11.6 Å². The Labute approximate surface area is 103 Å². The van der Waals surface area contributed by atoms with Crippen LogP contribution in [0.3, 0.4) is 0 Å². The molecule has 1 aliphatic rings. The minimum atomic E-state index is 0.799. The number of hydrogen-bond donors (Lipinski definition) is 0. The molecule has 2 heteroatoms. The molecule has 86 valence electrons. The third-order valence-electron chi connectivity index (χ3n) is 2.99. The first-order chi connectivity index (χ1) is 7.84. The molecular formula is C14H18ClN. The molecule has 0 amide bonds. The zero-order valence-electron chi connectivity index (χ0n) is 9.53. The summed E-state index contributed by atoms with van der Waals surface area (Å²) in [5.74, 6) is 0. The number of piperidine rings is 1. The van der Waals surface area contributed by atoms with Crippen molar-refractivity contribution < 1.29 is 0 Å². The molecular weight excluding hydrogens is 218 g/mol. The summed E-state index contributed by atoms with van der Waals surface area (Å²) >= 11 is 5.84. The van der Waals surface area contributed by atoms with Crippen LogP contribution in [0.15, 0.2) is 30.3 Å². The van der Waals surface area contributed by atoms with Gasteiger partial charge in [-0.25, -0.2) is 0 Å². The van der Waals surface area contributed by atoms with Crippen molar-refractivity contribution in [3.8, 4) is 0 Å². The van der Waals surface area contributed by atoms with Crippen LogP contribution >= 0.6 is 11.6 Å². The Balaban J connectivity index is 1.82. The maximum Gasteiger partial charge on any atom is 0.0406 e. The van der Waals surface area contributed by atoms with Crippen molar-refractivity contribution in [1.82, 2.24) is 4.90 Å². The molecule has 1 heterocycles. The number of rotatable bonds is 3. The number of nitrogens with zero attached hydrogens (tertiary/aromatic N) is 1. The highest BCUT2D eigenvalue weighted by Crippen LogP contribution is 2.11. The molecule has 0 saturated carbocycles. The van der Waals surface area contributed by atoms with Gasteiger partial charge >= 0.3 is 0 Å². The first-order valence-corrected chi connectivity index (χ1v) is 6.37. The summed E-state index contributed by atoms with van der Waals surface area (Å²) in [5, 5.41) is 0.799. The van der Waals surface area contributed by atoms with E-state index < -0.39 is 0 Å². The highest BCUT2D eigenvalue weighted by atomic mass is 35.5. The van der Waals surface area contributed by atoms with Crippen LogP contribution in [0.5, 0.6) is 0 Å². The SMILES string of the molecule is Clc1ccc(C=CCN2CCCCC2)cc1. The fourth-order valence-corrected chi connectivity index (χ4v) is 2.18. The first-order valence-electron chi connectivity index (χ1n) is 5.99. The van der Waals surface area contributed by atoms with Gasteiger partial charge in [-0.3, -0.25) is 4.90 Å². The lowest BCUT2D eigenvalue weighted by atomic mass is 10.1. The Hall–Kier alpha value is -0.790. The van der Waals surface area contributed by atoms with Crippen LogP contribution in [-0.2, 0) is 0 Å². The van der Waals surface area contributed by atoms with E-state index in [1.54, 1.807) is 0 Å². The van der Waals surface area contributed by atoms with Gasteiger partial charge in [0, 0.05) is 11.6 Å². The van der Waals surface area contributed by atoms with Crippen LogP contribution in [0.4, 0.5) is 0 Å². The number of benzene rings is 1. The molecule has 0 spiro atoms. The van der Waals surface area contributed by atoms with Crippen LogP contribution in [0, 0.1) is 0 Å². The third kappa shape index (κ3) is 3.66. The molecule has 0 bridgehead atoms. The zero-order chi connectivity index (χ0) is 11.2. The third-order valence-corrected chi connectivity index (χ3v) is 3.24. The van der Waals surface area contributed by atoms with Crippen LogP contribution in [0.2, 0.25) is 5.02 Å². The van der Waals surface area contributed by atoms with Crippen LogP contribution in [0.25, 0.3) is 6.08 Å². The van der Waals surface area contributed by atoms with Crippen molar-refractivity contribution in [1.29, 1.82) is 0 Å². The topological polar surface area (TPSA) is 3.24 Å². The summed E-state index contributed by atoms with van der Waals surface area (Å²) in [4.78, 5) is 2.51. The van der Waals surface area contributed by atoms with E-state index >= 15 is 0 Å². The molecule has 16 heavy (non-hydrogen) atoms. The quantitative estimate of drug-likeness (QED) is 0.770. The molecule has 0 aromatic heterocycles. The molecule has 0 N–H and O–H groups in total. The van der Waals surface area contributed by atoms with E-state index in [1.165, 1.54) is 37.9 Å². The Kier molecular flexibility index (Phi) is 4.44. The molecule has 0 radical (unpaired) electrons. The Morgan fingerprint density at radius 1 is 1.06 bits per heavy atom. The van der Waals surface area contributed by atoms with Crippen LogP contribution < -0.4 is 0 Å². The lowest BCUT2D eigenvalue weighted by Gasteiger charge is -2.24. The average molecular weight is 236 g/mol. The number of hydrogen-bond acceptors (Lipinski definition) is 1. The van der Waals surface area contributed by atoms with Crippen molar-refractivity contribution in [3.05, 3.63) is 40.9 Å². The van der Waals surface area contributed by atoms with Gasteiger partial charge in [-0.15, -0.1) is 0 Å². The molecule has 2 rings (SSSR count). The van der Waals surface area contributed by atoms with Gasteiger partial charge < -0.3 is 0 Å². The summed E-state index contributed by atoms with van der Waals surface area (Å²) in [6.45, 7) is 3.58. The minimum absolute atomic E-state index is 0.799. The number of likely N-dealkylation sites (tertiary alicyclic amines) is 1. The normalized spacial score (nSPS) is 18.1. The fourth-order valence-electron chi connectivity index (χ4n) is 2.05. The summed E-state index contributed by atoms with van der Waals surface area (Å²) < 4.78 is 0. The van der Waals surface area contributed by atoms with Gasteiger partial charge in [0.05, 0.1) is 0 Å². The maximum absolute atomic E-state index is 5.84. The predicted octanol–water partition coefficient (Wildman–Crippen LogP) is 3.84. The van der Waals surface area contributed by atoms with Crippen LogP contribution in [0.1, 0.15) is 24.8 Å². The van der Waals surface area contributed by atoms with E-state index in [2.05, 4.69) is 29.2 Å². The van der Waals surface area contributed by atoms with Gasteiger partial charge in [0.15, 0.2) is 0 Å². The first kappa shape index (κ1) is 11.7. The van der Waals surface area contributed by atoms with Gasteiger partial charge in [0.25, 0.3) is 0 Å². The van der Waals surface area contributed by atoms with Gasteiger partial charge in [-0.05, 0) is 43.6 Å². The van der Waals surface area contributed by atoms with E-state index in [0.29, 0.717) is 0 Å². The smallest absolute Gasteiger partial charge is 0.0406 e. The van der Waals surface area contributed by atoms with E-state index in [1.807, 2.05) is 12.1 Å². The molecule has 1 aromatic rings. The maximum atomic E-state index is 5.84. The van der Waals surface area contributed by atoms with Crippen molar-refractivity contribution in [3.63, 3.8) is 0 Å². The largest absolute Gasteiger partial charge is 0.300 e. The predicted molar refractivity (Wildman–Crippen MR) is 70.8 cm³/mol. The molecule has 0 unspecified atom stereocenters. The van der Waals surface area contributed by atoms with Gasteiger partial charge in [0.2, 0.25) is 0 Å².